The molecule has 0 amide bonds. The molecule has 5 nitrogen and oxygen atoms in total. The van der Waals surface area contributed by atoms with Crippen molar-refractivity contribution in [3.05, 3.63) is 41.3 Å². The van der Waals surface area contributed by atoms with Crippen molar-refractivity contribution in [3.63, 3.8) is 0 Å². The molecule has 108 valence electrons. The quantitative estimate of drug-likeness (QED) is 0.867. The minimum atomic E-state index is 0.361. The lowest BCUT2D eigenvalue weighted by Crippen LogP contribution is -2.30. The highest BCUT2D eigenvalue weighted by Gasteiger charge is 2.12. The molecule has 20 heavy (non-hydrogen) atoms. The van der Waals surface area contributed by atoms with Crippen LogP contribution in [-0.2, 0) is 19.9 Å². The van der Waals surface area contributed by atoms with Gasteiger partial charge >= 0.3 is 0 Å². The van der Waals surface area contributed by atoms with Crippen molar-refractivity contribution in [1.29, 1.82) is 0 Å². The zero-order chi connectivity index (χ0) is 14.5. The average Bonchev–Trinajstić information content (AvgIpc) is 2.77. The number of aryl methyl sites for hydroxylation is 2. The van der Waals surface area contributed by atoms with Crippen molar-refractivity contribution in [2.24, 2.45) is 7.05 Å². The van der Waals surface area contributed by atoms with Gasteiger partial charge in [0.05, 0.1) is 12.8 Å². The van der Waals surface area contributed by atoms with Crippen LogP contribution in [0.5, 0.6) is 5.88 Å². The first-order valence-corrected chi connectivity index (χ1v) is 6.78. The molecule has 0 spiro atoms. The largest absolute Gasteiger partial charge is 0.481 e. The monoisotopic (exact) mass is 274 g/mol. The van der Waals surface area contributed by atoms with Crippen LogP contribution in [0.15, 0.2) is 24.4 Å². The minimum absolute atomic E-state index is 0.361. The SMILES string of the molecule is CNC(Cc1ccc(OC)nc1)Cc1cc(C)nn1C. The van der Waals surface area contributed by atoms with Crippen LogP contribution in [0.25, 0.3) is 0 Å². The van der Waals surface area contributed by atoms with Crippen LogP contribution in [0.4, 0.5) is 0 Å². The molecule has 5 heteroatoms. The molecule has 2 aromatic rings. The van der Waals surface area contributed by atoms with Crippen LogP contribution in [0.1, 0.15) is 17.0 Å². The van der Waals surface area contributed by atoms with E-state index in [4.69, 9.17) is 4.74 Å². The van der Waals surface area contributed by atoms with E-state index in [1.54, 1.807) is 7.11 Å². The molecule has 0 aliphatic carbocycles. The van der Waals surface area contributed by atoms with Crippen molar-refractivity contribution in [2.75, 3.05) is 14.2 Å². The van der Waals surface area contributed by atoms with E-state index >= 15 is 0 Å². The third-order valence-electron chi connectivity index (χ3n) is 3.45. The van der Waals surface area contributed by atoms with Gasteiger partial charge in [-0.15, -0.1) is 0 Å². The maximum absolute atomic E-state index is 5.08. The summed E-state index contributed by atoms with van der Waals surface area (Å²) in [5.74, 6) is 0.650. The molecule has 0 aliphatic rings. The van der Waals surface area contributed by atoms with E-state index < -0.39 is 0 Å². The van der Waals surface area contributed by atoms with Crippen LogP contribution >= 0.6 is 0 Å². The van der Waals surface area contributed by atoms with Crippen molar-refractivity contribution < 1.29 is 4.74 Å². The maximum Gasteiger partial charge on any atom is 0.212 e. The van der Waals surface area contributed by atoms with Crippen LogP contribution in [0.3, 0.4) is 0 Å². The molecule has 0 radical (unpaired) electrons. The fraction of sp³-hybridized carbons (Fsp3) is 0.467. The Morgan fingerprint density at radius 3 is 2.65 bits per heavy atom. The number of rotatable bonds is 6. The zero-order valence-electron chi connectivity index (χ0n) is 12.6. The Bertz CT molecular complexity index is 548. The summed E-state index contributed by atoms with van der Waals surface area (Å²) in [6, 6.07) is 6.46. The van der Waals surface area contributed by atoms with Crippen LogP contribution < -0.4 is 10.1 Å². The van der Waals surface area contributed by atoms with E-state index in [2.05, 4.69) is 27.5 Å². The third kappa shape index (κ3) is 3.57. The van der Waals surface area contributed by atoms with E-state index in [1.807, 2.05) is 38.0 Å². The number of pyridine rings is 1. The second kappa shape index (κ2) is 6.52. The molecule has 2 rings (SSSR count). The molecule has 2 aromatic heterocycles. The summed E-state index contributed by atoms with van der Waals surface area (Å²) in [4.78, 5) is 4.25. The fourth-order valence-corrected chi connectivity index (χ4v) is 2.32. The molecule has 0 saturated heterocycles. The number of likely N-dealkylation sites (N-methyl/N-ethyl adjacent to an activating group) is 1. The lowest BCUT2D eigenvalue weighted by atomic mass is 10.0. The highest BCUT2D eigenvalue weighted by Crippen LogP contribution is 2.12. The number of hydrogen-bond donors (Lipinski definition) is 1. The Hall–Kier alpha value is -1.88. The lowest BCUT2D eigenvalue weighted by molar-refractivity contribution is 0.397. The Morgan fingerprint density at radius 2 is 2.15 bits per heavy atom. The van der Waals surface area contributed by atoms with Gasteiger partial charge in [0.25, 0.3) is 0 Å². The first-order valence-electron chi connectivity index (χ1n) is 6.78. The summed E-state index contributed by atoms with van der Waals surface area (Å²) in [6.07, 6.45) is 3.75. The Balaban J connectivity index is 2.02. The second-order valence-corrected chi connectivity index (χ2v) is 5.00. The summed E-state index contributed by atoms with van der Waals surface area (Å²) in [5.41, 5.74) is 3.50. The molecule has 0 aliphatic heterocycles. The van der Waals surface area contributed by atoms with Gasteiger partial charge in [-0.05, 0) is 32.0 Å². The molecule has 1 N–H and O–H groups in total. The highest BCUT2D eigenvalue weighted by molar-refractivity contribution is 5.19. The standard InChI is InChI=1S/C15H22N4O/c1-11-7-14(19(3)18-11)9-13(16-2)8-12-5-6-15(20-4)17-10-12/h5-7,10,13,16H,8-9H2,1-4H3. The first kappa shape index (κ1) is 14.5. The fourth-order valence-electron chi connectivity index (χ4n) is 2.32. The molecule has 1 atom stereocenters. The molecular weight excluding hydrogens is 252 g/mol. The van der Waals surface area contributed by atoms with Crippen molar-refractivity contribution in [1.82, 2.24) is 20.1 Å². The van der Waals surface area contributed by atoms with Crippen molar-refractivity contribution in [3.8, 4) is 5.88 Å². The summed E-state index contributed by atoms with van der Waals surface area (Å²) in [5, 5.41) is 7.75. The van der Waals surface area contributed by atoms with E-state index in [0.717, 1.165) is 18.5 Å². The van der Waals surface area contributed by atoms with Crippen molar-refractivity contribution in [2.45, 2.75) is 25.8 Å². The van der Waals surface area contributed by atoms with Crippen LogP contribution in [0.2, 0.25) is 0 Å². The number of hydrogen-bond acceptors (Lipinski definition) is 4. The van der Waals surface area contributed by atoms with E-state index in [-0.39, 0.29) is 0 Å². The number of methoxy groups -OCH3 is 1. The average molecular weight is 274 g/mol. The van der Waals surface area contributed by atoms with Crippen molar-refractivity contribution >= 4 is 0 Å². The topological polar surface area (TPSA) is 52.0 Å². The summed E-state index contributed by atoms with van der Waals surface area (Å²) in [6.45, 7) is 2.02. The van der Waals surface area contributed by atoms with Gasteiger partial charge in [0, 0.05) is 37.5 Å². The molecule has 2 heterocycles. The predicted molar refractivity (Wildman–Crippen MR) is 79.0 cm³/mol. The Kier molecular flexibility index (Phi) is 4.74. The van der Waals surface area contributed by atoms with Gasteiger partial charge in [-0.25, -0.2) is 4.98 Å². The predicted octanol–water partition coefficient (Wildman–Crippen LogP) is 1.51. The maximum atomic E-state index is 5.08. The van der Waals surface area contributed by atoms with Gasteiger partial charge in [0.2, 0.25) is 5.88 Å². The Labute approximate surface area is 120 Å². The molecule has 0 aromatic carbocycles. The zero-order valence-corrected chi connectivity index (χ0v) is 12.6. The van der Waals surface area contributed by atoms with Gasteiger partial charge < -0.3 is 10.1 Å². The molecule has 1 unspecified atom stereocenters. The molecule has 0 saturated carbocycles. The molecular formula is C15H22N4O. The summed E-state index contributed by atoms with van der Waals surface area (Å²) in [7, 11) is 5.61. The Morgan fingerprint density at radius 1 is 1.35 bits per heavy atom. The summed E-state index contributed by atoms with van der Waals surface area (Å²) >= 11 is 0. The number of nitrogens with zero attached hydrogens (tertiary/aromatic N) is 3. The summed E-state index contributed by atoms with van der Waals surface area (Å²) < 4.78 is 7.03. The van der Waals surface area contributed by atoms with Gasteiger partial charge in [-0.1, -0.05) is 6.07 Å². The van der Waals surface area contributed by atoms with Gasteiger partial charge in [0.1, 0.15) is 0 Å². The smallest absolute Gasteiger partial charge is 0.212 e. The molecule has 0 bridgehead atoms. The van der Waals surface area contributed by atoms with E-state index in [9.17, 15) is 0 Å². The number of ether oxygens (including phenoxy) is 1. The van der Waals surface area contributed by atoms with Gasteiger partial charge in [0.15, 0.2) is 0 Å². The number of nitrogens with one attached hydrogen (secondary N) is 1. The van der Waals surface area contributed by atoms with E-state index in [0.29, 0.717) is 11.9 Å². The lowest BCUT2D eigenvalue weighted by Gasteiger charge is -2.16. The second-order valence-electron chi connectivity index (χ2n) is 5.00. The van der Waals surface area contributed by atoms with Crippen LogP contribution in [-0.4, -0.2) is 35.0 Å². The van der Waals surface area contributed by atoms with Gasteiger partial charge in [-0.2, -0.15) is 5.10 Å². The number of aromatic nitrogens is 3. The normalized spacial score (nSPS) is 12.4. The minimum Gasteiger partial charge on any atom is -0.481 e. The van der Waals surface area contributed by atoms with Crippen LogP contribution in [0, 0.1) is 6.92 Å². The van der Waals surface area contributed by atoms with Gasteiger partial charge in [-0.3, -0.25) is 4.68 Å². The third-order valence-corrected chi connectivity index (χ3v) is 3.45. The van der Waals surface area contributed by atoms with E-state index in [1.165, 1.54) is 11.3 Å². The molecule has 0 fully saturated rings. The highest BCUT2D eigenvalue weighted by atomic mass is 16.5. The first-order chi connectivity index (χ1) is 9.62.